The van der Waals surface area contributed by atoms with Crippen molar-refractivity contribution >= 4 is 17.8 Å². The van der Waals surface area contributed by atoms with Crippen molar-refractivity contribution in [3.8, 4) is 0 Å². The molecule has 3 aliphatic rings. The van der Waals surface area contributed by atoms with Gasteiger partial charge in [0.25, 0.3) is 5.91 Å². The van der Waals surface area contributed by atoms with Crippen LogP contribution in [0.15, 0.2) is 30.3 Å². The number of imide groups is 1. The van der Waals surface area contributed by atoms with Crippen LogP contribution in [-0.2, 0) is 9.59 Å². The molecule has 1 aromatic carbocycles. The lowest BCUT2D eigenvalue weighted by Gasteiger charge is -2.29. The third-order valence-corrected chi connectivity index (χ3v) is 6.71. The highest BCUT2D eigenvalue weighted by atomic mass is 16.2. The van der Waals surface area contributed by atoms with Gasteiger partial charge in [-0.25, -0.2) is 9.69 Å². The van der Waals surface area contributed by atoms with Crippen LogP contribution in [0.1, 0.15) is 63.4 Å². The van der Waals surface area contributed by atoms with E-state index in [0.717, 1.165) is 32.1 Å². The van der Waals surface area contributed by atoms with Crippen molar-refractivity contribution in [2.24, 2.45) is 0 Å². The van der Waals surface area contributed by atoms with Gasteiger partial charge in [-0.1, -0.05) is 43.2 Å². The molecule has 28 heavy (non-hydrogen) atoms. The number of amides is 4. The molecular formula is C22H29N3O3. The van der Waals surface area contributed by atoms with Crippen molar-refractivity contribution in [1.82, 2.24) is 15.1 Å². The van der Waals surface area contributed by atoms with Crippen molar-refractivity contribution in [3.05, 3.63) is 35.9 Å². The Morgan fingerprint density at radius 3 is 2.50 bits per heavy atom. The second-order valence-electron chi connectivity index (χ2n) is 8.43. The van der Waals surface area contributed by atoms with Gasteiger partial charge in [0, 0.05) is 13.1 Å². The maximum absolute atomic E-state index is 13.1. The van der Waals surface area contributed by atoms with Gasteiger partial charge >= 0.3 is 6.03 Å². The number of carbonyl (C=O) groups excluding carboxylic acids is 3. The predicted molar refractivity (Wildman–Crippen MR) is 106 cm³/mol. The molecule has 1 spiro atoms. The molecule has 4 amide bonds. The lowest BCUT2D eigenvalue weighted by atomic mass is 9.92. The Bertz CT molecular complexity index is 758. The van der Waals surface area contributed by atoms with Crippen LogP contribution in [0.4, 0.5) is 4.79 Å². The van der Waals surface area contributed by atoms with E-state index in [4.69, 9.17) is 0 Å². The molecule has 1 N–H and O–H groups in total. The lowest BCUT2D eigenvalue weighted by Crippen LogP contribution is -2.51. The van der Waals surface area contributed by atoms with Gasteiger partial charge in [0.2, 0.25) is 5.91 Å². The van der Waals surface area contributed by atoms with Crippen molar-refractivity contribution < 1.29 is 14.4 Å². The molecule has 0 bridgehead atoms. The molecule has 6 nitrogen and oxygen atoms in total. The van der Waals surface area contributed by atoms with Gasteiger partial charge in [-0.05, 0) is 50.5 Å². The van der Waals surface area contributed by atoms with Gasteiger partial charge in [-0.3, -0.25) is 9.59 Å². The summed E-state index contributed by atoms with van der Waals surface area (Å²) in [4.78, 5) is 41.6. The molecule has 1 aromatic rings. The van der Waals surface area contributed by atoms with E-state index in [1.807, 2.05) is 11.0 Å². The van der Waals surface area contributed by atoms with Gasteiger partial charge in [-0.15, -0.1) is 0 Å². The summed E-state index contributed by atoms with van der Waals surface area (Å²) in [7, 11) is 0. The summed E-state index contributed by atoms with van der Waals surface area (Å²) in [5, 5.41) is 2.88. The van der Waals surface area contributed by atoms with E-state index in [9.17, 15) is 14.4 Å². The Morgan fingerprint density at radius 2 is 1.79 bits per heavy atom. The van der Waals surface area contributed by atoms with Gasteiger partial charge in [-0.2, -0.15) is 0 Å². The number of carbonyl (C=O) groups is 3. The molecule has 2 saturated heterocycles. The summed E-state index contributed by atoms with van der Waals surface area (Å²) >= 11 is 0. The standard InChI is InChI=1S/C22H29N3O3/c1-16(25-20(27)22(23-21(25)28)12-5-6-13-22)19(26)24-14-7-10-18(11-15-24)17-8-3-2-4-9-17/h2-4,8-9,16,18H,5-7,10-15H2,1H3,(H,23,28)/t16-,18-/m0/s1. The first-order chi connectivity index (χ1) is 13.5. The molecule has 0 unspecified atom stereocenters. The highest BCUT2D eigenvalue weighted by Crippen LogP contribution is 2.36. The van der Waals surface area contributed by atoms with Crippen LogP contribution >= 0.6 is 0 Å². The first-order valence-corrected chi connectivity index (χ1v) is 10.5. The number of nitrogens with zero attached hydrogens (tertiary/aromatic N) is 2. The van der Waals surface area contributed by atoms with E-state index in [1.54, 1.807) is 6.92 Å². The summed E-state index contributed by atoms with van der Waals surface area (Å²) in [6, 6.07) is 9.28. The van der Waals surface area contributed by atoms with Gasteiger partial charge in [0.1, 0.15) is 11.6 Å². The Hall–Kier alpha value is -2.37. The highest BCUT2D eigenvalue weighted by Gasteiger charge is 2.54. The zero-order valence-corrected chi connectivity index (χ0v) is 16.5. The van der Waals surface area contributed by atoms with Crippen molar-refractivity contribution in [3.63, 3.8) is 0 Å². The van der Waals surface area contributed by atoms with Crippen molar-refractivity contribution in [1.29, 1.82) is 0 Å². The fraction of sp³-hybridized carbons (Fsp3) is 0.591. The number of hydrogen-bond donors (Lipinski definition) is 1. The minimum absolute atomic E-state index is 0.118. The van der Waals surface area contributed by atoms with Crippen molar-refractivity contribution in [2.75, 3.05) is 13.1 Å². The molecule has 150 valence electrons. The van der Waals surface area contributed by atoms with Gasteiger partial charge in [0.05, 0.1) is 0 Å². The van der Waals surface area contributed by atoms with Crippen LogP contribution in [0.5, 0.6) is 0 Å². The minimum atomic E-state index is -0.761. The normalized spacial score (nSPS) is 25.7. The van der Waals surface area contributed by atoms with Crippen LogP contribution in [-0.4, -0.2) is 52.3 Å². The lowest BCUT2D eigenvalue weighted by molar-refractivity contribution is -0.142. The number of benzene rings is 1. The van der Waals surface area contributed by atoms with E-state index in [0.29, 0.717) is 31.8 Å². The maximum Gasteiger partial charge on any atom is 0.325 e. The first kappa shape index (κ1) is 19.0. The van der Waals surface area contributed by atoms with Gasteiger partial charge in [0.15, 0.2) is 0 Å². The summed E-state index contributed by atoms with van der Waals surface area (Å²) in [6.07, 6.45) is 6.13. The molecule has 0 aromatic heterocycles. The van der Waals surface area contributed by atoms with E-state index >= 15 is 0 Å². The first-order valence-electron chi connectivity index (χ1n) is 10.5. The molecule has 2 heterocycles. The topological polar surface area (TPSA) is 69.7 Å². The number of likely N-dealkylation sites (tertiary alicyclic amines) is 1. The second kappa shape index (κ2) is 7.57. The SMILES string of the molecule is C[C@@H](C(=O)N1CCC[C@H](c2ccccc2)CC1)N1C(=O)NC2(CCCC2)C1=O. The smallest absolute Gasteiger partial charge is 0.325 e. The third-order valence-electron chi connectivity index (χ3n) is 6.71. The fourth-order valence-corrected chi connectivity index (χ4v) is 5.06. The van der Waals surface area contributed by atoms with E-state index in [1.165, 1.54) is 10.5 Å². The zero-order chi connectivity index (χ0) is 19.7. The molecule has 4 rings (SSSR count). The van der Waals surface area contributed by atoms with Gasteiger partial charge < -0.3 is 10.2 Å². The Kier molecular flexibility index (Phi) is 5.13. The molecule has 3 fully saturated rings. The zero-order valence-electron chi connectivity index (χ0n) is 16.5. The fourth-order valence-electron chi connectivity index (χ4n) is 5.06. The van der Waals surface area contributed by atoms with E-state index in [2.05, 4.69) is 29.6 Å². The molecule has 1 aliphatic carbocycles. The number of nitrogens with one attached hydrogen (secondary N) is 1. The monoisotopic (exact) mass is 383 g/mol. The predicted octanol–water partition coefficient (Wildman–Crippen LogP) is 3.04. The van der Waals surface area contributed by atoms with E-state index < -0.39 is 17.6 Å². The van der Waals surface area contributed by atoms with Crippen molar-refractivity contribution in [2.45, 2.75) is 69.4 Å². The Labute approximate surface area is 166 Å². The quantitative estimate of drug-likeness (QED) is 0.816. The summed E-state index contributed by atoms with van der Waals surface area (Å²) in [5.41, 5.74) is 0.560. The molecule has 0 radical (unpaired) electrons. The second-order valence-corrected chi connectivity index (χ2v) is 8.43. The van der Waals surface area contributed by atoms with E-state index in [-0.39, 0.29) is 11.8 Å². The average Bonchev–Trinajstić information content (AvgIpc) is 3.16. The largest absolute Gasteiger partial charge is 0.341 e. The summed E-state index contributed by atoms with van der Waals surface area (Å²) in [5.74, 6) is 0.118. The molecular weight excluding hydrogens is 354 g/mol. The number of urea groups is 1. The molecule has 1 saturated carbocycles. The molecule has 2 atom stereocenters. The maximum atomic E-state index is 13.1. The third kappa shape index (κ3) is 3.29. The highest BCUT2D eigenvalue weighted by molar-refractivity contribution is 6.09. The van der Waals surface area contributed by atoms with Crippen LogP contribution < -0.4 is 5.32 Å². The summed E-state index contributed by atoms with van der Waals surface area (Å²) in [6.45, 7) is 3.03. The van der Waals surface area contributed by atoms with Crippen LogP contribution in [0.3, 0.4) is 0 Å². The Morgan fingerprint density at radius 1 is 1.07 bits per heavy atom. The molecule has 6 heteroatoms. The number of rotatable bonds is 3. The average molecular weight is 383 g/mol. The molecule has 2 aliphatic heterocycles. The Balaban J connectivity index is 1.43. The van der Waals surface area contributed by atoms with Crippen LogP contribution in [0.25, 0.3) is 0 Å². The summed E-state index contributed by atoms with van der Waals surface area (Å²) < 4.78 is 0. The number of hydrogen-bond acceptors (Lipinski definition) is 3. The minimum Gasteiger partial charge on any atom is -0.341 e. The van der Waals surface area contributed by atoms with Crippen LogP contribution in [0, 0.1) is 0 Å². The van der Waals surface area contributed by atoms with Crippen LogP contribution in [0.2, 0.25) is 0 Å².